The molecule has 0 bridgehead atoms. The third-order valence-electron chi connectivity index (χ3n) is 8.47. The summed E-state index contributed by atoms with van der Waals surface area (Å²) in [4.78, 5) is 0. The Morgan fingerprint density at radius 2 is 0.972 bits per heavy atom. The standard InChI is InChI=1S/C32H34NO2P/c1-3-13-25(14-4-1)33(26-15-5-2-6-16-26)36-34-29-21-19-23-11-7-9-17-27(23)31(29)32-28-18-10-8-12-24(28)20-22-30(32)35-36/h7-12,17-22,25-26H,1-6,13-16H2. The van der Waals surface area contributed by atoms with Crippen molar-refractivity contribution in [3.8, 4) is 0 Å². The largest absolute Gasteiger partial charge is 0.408 e. The van der Waals surface area contributed by atoms with Gasteiger partial charge in [0.25, 0.3) is 0 Å². The molecule has 0 N–H and O–H groups in total. The van der Waals surface area contributed by atoms with Crippen LogP contribution < -0.4 is 4.67 Å². The van der Waals surface area contributed by atoms with Gasteiger partial charge in [0.05, 0.1) is 0 Å². The highest BCUT2D eigenvalue weighted by Gasteiger charge is 2.33. The Morgan fingerprint density at radius 3 is 1.44 bits per heavy atom. The van der Waals surface area contributed by atoms with Gasteiger partial charge in [-0.1, -0.05) is 99.2 Å². The maximum Gasteiger partial charge on any atom is 0.310 e. The van der Waals surface area contributed by atoms with Crippen LogP contribution in [0.1, 0.15) is 64.2 Å². The molecule has 2 aliphatic rings. The van der Waals surface area contributed by atoms with E-state index in [4.69, 9.17) is 8.39 Å². The molecule has 0 saturated heterocycles. The van der Waals surface area contributed by atoms with Crippen molar-refractivity contribution in [2.45, 2.75) is 76.3 Å². The van der Waals surface area contributed by atoms with Crippen LogP contribution in [0.15, 0.2) is 81.2 Å². The summed E-state index contributed by atoms with van der Waals surface area (Å²) in [6, 6.07) is 27.3. The lowest BCUT2D eigenvalue weighted by Gasteiger charge is -2.38. The lowest BCUT2D eigenvalue weighted by atomic mass is 9.91. The van der Waals surface area contributed by atoms with Crippen LogP contribution in [0.25, 0.3) is 43.5 Å². The number of nitrogens with zero attached hydrogens (tertiary/aromatic N) is 1. The molecule has 0 radical (unpaired) electrons. The predicted octanol–water partition coefficient (Wildman–Crippen LogP) is 10.2. The number of benzene rings is 4. The molecule has 36 heavy (non-hydrogen) atoms. The van der Waals surface area contributed by atoms with Gasteiger partial charge in [-0.3, -0.25) is 0 Å². The smallest absolute Gasteiger partial charge is 0.310 e. The molecule has 5 aromatic rings. The van der Waals surface area contributed by atoms with Crippen LogP contribution >= 0.6 is 8.16 Å². The highest BCUT2D eigenvalue weighted by atomic mass is 31.1. The fourth-order valence-corrected chi connectivity index (χ4v) is 8.57. The molecule has 1 aromatic heterocycles. The molecule has 4 heteroatoms. The first-order valence-corrected chi connectivity index (χ1v) is 15.0. The van der Waals surface area contributed by atoms with E-state index in [1.54, 1.807) is 0 Å². The van der Waals surface area contributed by atoms with Crippen molar-refractivity contribution in [3.05, 3.63) is 72.8 Å². The molecular formula is C32H34NO2P. The van der Waals surface area contributed by atoms with Gasteiger partial charge in [-0.15, -0.1) is 0 Å². The summed E-state index contributed by atoms with van der Waals surface area (Å²) in [5.74, 6) is 0. The Hall–Kier alpha value is -2.74. The molecule has 0 atom stereocenters. The number of rotatable bonds is 3. The van der Waals surface area contributed by atoms with Gasteiger partial charge in [0.1, 0.15) is 11.2 Å². The second-order valence-electron chi connectivity index (χ2n) is 10.7. The van der Waals surface area contributed by atoms with Gasteiger partial charge in [-0.05, 0) is 59.4 Å². The lowest BCUT2D eigenvalue weighted by molar-refractivity contribution is 0.348. The SMILES string of the molecule is c1ccc2c(c1)ccc1op(N(C3CCCCC3)C3CCCCC3)oc3ccc4ccccc4c3c12. The molecule has 0 unspecified atom stereocenters. The van der Waals surface area contributed by atoms with E-state index in [2.05, 4.69) is 77.5 Å². The number of hydrogen-bond donors (Lipinski definition) is 0. The third kappa shape index (κ3) is 3.94. The van der Waals surface area contributed by atoms with Crippen LogP contribution in [0.3, 0.4) is 0 Å². The molecule has 7 rings (SSSR count). The fraction of sp³-hybridized carbons (Fsp3) is 0.375. The van der Waals surface area contributed by atoms with Crippen molar-refractivity contribution in [3.63, 3.8) is 0 Å². The van der Waals surface area contributed by atoms with Gasteiger partial charge < -0.3 is 8.39 Å². The monoisotopic (exact) mass is 495 g/mol. The van der Waals surface area contributed by atoms with Gasteiger partial charge >= 0.3 is 8.16 Å². The van der Waals surface area contributed by atoms with E-state index in [1.807, 2.05) is 0 Å². The van der Waals surface area contributed by atoms with E-state index in [9.17, 15) is 0 Å². The van der Waals surface area contributed by atoms with E-state index in [0.717, 1.165) is 11.2 Å². The van der Waals surface area contributed by atoms with Crippen molar-refractivity contribution >= 4 is 51.6 Å². The van der Waals surface area contributed by atoms with E-state index < -0.39 is 8.16 Å². The van der Waals surface area contributed by atoms with E-state index in [-0.39, 0.29) is 0 Å². The summed E-state index contributed by atoms with van der Waals surface area (Å²) in [7, 11) is -1.26. The zero-order chi connectivity index (χ0) is 23.9. The number of fused-ring (bicyclic) bond motifs is 7. The van der Waals surface area contributed by atoms with Crippen LogP contribution in [0.5, 0.6) is 0 Å². The normalized spacial score (nSPS) is 18.0. The minimum absolute atomic E-state index is 0.555. The molecule has 0 amide bonds. The summed E-state index contributed by atoms with van der Waals surface area (Å²) in [5, 5.41) is 7.29. The van der Waals surface area contributed by atoms with Crippen LogP contribution in [0.2, 0.25) is 0 Å². The van der Waals surface area contributed by atoms with Crippen molar-refractivity contribution in [1.29, 1.82) is 0 Å². The zero-order valence-corrected chi connectivity index (χ0v) is 21.8. The van der Waals surface area contributed by atoms with Crippen LogP contribution in [0.4, 0.5) is 0 Å². The average Bonchev–Trinajstić information content (AvgIpc) is 3.11. The fourth-order valence-electron chi connectivity index (χ4n) is 6.71. The maximum atomic E-state index is 7.03. The zero-order valence-electron chi connectivity index (χ0n) is 20.9. The van der Waals surface area contributed by atoms with Gasteiger partial charge in [-0.25, -0.2) is 0 Å². The first-order chi connectivity index (χ1) is 17.9. The van der Waals surface area contributed by atoms with Gasteiger partial charge in [0.2, 0.25) is 0 Å². The van der Waals surface area contributed by atoms with Crippen molar-refractivity contribution in [2.24, 2.45) is 0 Å². The lowest BCUT2D eigenvalue weighted by Crippen LogP contribution is -2.43. The van der Waals surface area contributed by atoms with E-state index >= 15 is 0 Å². The Kier molecular flexibility index (Phi) is 6.00. The second kappa shape index (κ2) is 9.61. The first kappa shape index (κ1) is 22.5. The van der Waals surface area contributed by atoms with Gasteiger partial charge in [0, 0.05) is 22.9 Å². The summed E-state index contributed by atoms with van der Waals surface area (Å²) >= 11 is 0. The summed E-state index contributed by atoms with van der Waals surface area (Å²) in [6.07, 6.45) is 13.0. The molecule has 1 heterocycles. The summed E-state index contributed by atoms with van der Waals surface area (Å²) < 4.78 is 16.8. The topological polar surface area (TPSA) is 29.5 Å². The highest BCUT2D eigenvalue weighted by molar-refractivity contribution is 7.39. The average molecular weight is 496 g/mol. The molecule has 0 spiro atoms. The Labute approximate surface area is 213 Å². The predicted molar refractivity (Wildman–Crippen MR) is 153 cm³/mol. The van der Waals surface area contributed by atoms with Crippen LogP contribution in [0, 0.1) is 0 Å². The Balaban J connectivity index is 1.58. The van der Waals surface area contributed by atoms with Crippen molar-refractivity contribution in [2.75, 3.05) is 4.67 Å². The molecule has 3 nitrogen and oxygen atoms in total. The quantitative estimate of drug-likeness (QED) is 0.249. The summed E-state index contributed by atoms with van der Waals surface area (Å²) in [5.41, 5.74) is 1.93. The Bertz CT molecular complexity index is 1460. The van der Waals surface area contributed by atoms with Gasteiger partial charge in [0.15, 0.2) is 0 Å². The molecule has 184 valence electrons. The molecule has 2 fully saturated rings. The Morgan fingerprint density at radius 1 is 0.528 bits per heavy atom. The first-order valence-electron chi connectivity index (χ1n) is 13.8. The molecule has 2 saturated carbocycles. The highest BCUT2D eigenvalue weighted by Crippen LogP contribution is 2.46. The van der Waals surface area contributed by atoms with Crippen molar-refractivity contribution < 1.29 is 8.39 Å². The van der Waals surface area contributed by atoms with Crippen LogP contribution in [-0.4, -0.2) is 12.1 Å². The summed E-state index contributed by atoms with van der Waals surface area (Å²) in [6.45, 7) is 0. The minimum Gasteiger partial charge on any atom is -0.408 e. The van der Waals surface area contributed by atoms with E-state index in [0.29, 0.717) is 12.1 Å². The van der Waals surface area contributed by atoms with Gasteiger partial charge in [-0.2, -0.15) is 4.67 Å². The maximum absolute atomic E-state index is 7.03. The number of hydrogen-bond acceptors (Lipinski definition) is 3. The molecule has 0 aliphatic heterocycles. The van der Waals surface area contributed by atoms with Crippen molar-refractivity contribution in [1.82, 2.24) is 0 Å². The molecule has 4 aromatic carbocycles. The van der Waals surface area contributed by atoms with E-state index in [1.165, 1.54) is 96.5 Å². The second-order valence-corrected chi connectivity index (χ2v) is 12.0. The minimum atomic E-state index is -1.26. The molecule has 2 aliphatic carbocycles. The molecular weight excluding hydrogens is 461 g/mol. The third-order valence-corrected chi connectivity index (χ3v) is 10.2. The van der Waals surface area contributed by atoms with Crippen LogP contribution in [-0.2, 0) is 0 Å².